The van der Waals surface area contributed by atoms with Crippen molar-refractivity contribution in [2.24, 2.45) is 11.7 Å². The van der Waals surface area contributed by atoms with Crippen molar-refractivity contribution >= 4 is 11.9 Å². The molecule has 0 spiro atoms. The Balaban J connectivity index is 2.18. The van der Waals surface area contributed by atoms with Crippen molar-refractivity contribution < 1.29 is 0 Å². The number of nitrogens with zero attached hydrogens (tertiary/aromatic N) is 1. The molecule has 1 aromatic heterocycles. The summed E-state index contributed by atoms with van der Waals surface area (Å²) in [7, 11) is 0. The number of aromatic nitrogens is 1. The lowest BCUT2D eigenvalue weighted by molar-refractivity contribution is 0.990. The molecule has 1 heterocycles. The van der Waals surface area contributed by atoms with Crippen molar-refractivity contribution in [2.45, 2.75) is 12.8 Å². The van der Waals surface area contributed by atoms with Crippen molar-refractivity contribution in [2.75, 3.05) is 5.32 Å². The van der Waals surface area contributed by atoms with Gasteiger partial charge in [0.2, 0.25) is 0 Å². The largest absolute Gasteiger partial charge is 0.396 e. The van der Waals surface area contributed by atoms with Gasteiger partial charge in [-0.25, -0.2) is 0 Å². The summed E-state index contributed by atoms with van der Waals surface area (Å²) in [4.78, 5) is 4.02. The van der Waals surface area contributed by atoms with Crippen molar-refractivity contribution in [3.05, 3.63) is 35.9 Å². The molecule has 0 amide bonds. The van der Waals surface area contributed by atoms with Crippen LogP contribution in [0.15, 0.2) is 35.9 Å². The van der Waals surface area contributed by atoms with Crippen LogP contribution in [-0.2, 0) is 0 Å². The molecule has 0 radical (unpaired) electrons. The first-order valence-corrected chi connectivity index (χ1v) is 4.98. The molecule has 4 heteroatoms. The highest BCUT2D eigenvalue weighted by atomic mass is 14.9. The van der Waals surface area contributed by atoms with E-state index in [4.69, 9.17) is 11.1 Å². The lowest BCUT2D eigenvalue weighted by Gasteiger charge is -2.11. The second-order valence-corrected chi connectivity index (χ2v) is 3.65. The summed E-state index contributed by atoms with van der Waals surface area (Å²) in [5, 5.41) is 10.4. The van der Waals surface area contributed by atoms with Gasteiger partial charge in [-0.15, -0.1) is 0 Å². The summed E-state index contributed by atoms with van der Waals surface area (Å²) in [5.41, 5.74) is 8.15. The van der Waals surface area contributed by atoms with Crippen molar-refractivity contribution in [3.8, 4) is 0 Å². The number of hydrogen-bond acceptors (Lipinski definition) is 4. The fourth-order valence-electron chi connectivity index (χ4n) is 1.45. The second-order valence-electron chi connectivity index (χ2n) is 3.65. The van der Waals surface area contributed by atoms with Gasteiger partial charge < -0.3 is 16.5 Å². The summed E-state index contributed by atoms with van der Waals surface area (Å²) in [5.74, 6) is 0.492. The van der Waals surface area contributed by atoms with Gasteiger partial charge in [0.1, 0.15) is 0 Å². The van der Waals surface area contributed by atoms with Gasteiger partial charge >= 0.3 is 0 Å². The molecule has 15 heavy (non-hydrogen) atoms. The van der Waals surface area contributed by atoms with Gasteiger partial charge in [-0.2, -0.15) is 0 Å². The van der Waals surface area contributed by atoms with E-state index in [1.54, 1.807) is 12.4 Å². The quantitative estimate of drug-likeness (QED) is 0.651. The number of pyridine rings is 1. The molecular weight excluding hydrogens is 188 g/mol. The van der Waals surface area contributed by atoms with Crippen LogP contribution in [-0.4, -0.2) is 11.2 Å². The van der Waals surface area contributed by atoms with E-state index in [1.165, 1.54) is 6.21 Å². The lowest BCUT2D eigenvalue weighted by atomic mass is 10.2. The molecule has 0 aromatic carbocycles. The van der Waals surface area contributed by atoms with E-state index in [0.717, 1.165) is 24.2 Å². The first-order chi connectivity index (χ1) is 7.31. The molecule has 1 fully saturated rings. The molecule has 0 aliphatic heterocycles. The molecule has 2 rings (SSSR count). The number of nitrogens with one attached hydrogen (secondary N) is 2. The number of allylic oxidation sites excluding steroid dienone is 2. The average Bonchev–Trinajstić information content (AvgIpc) is 3.10. The smallest absolute Gasteiger partial charge is 0.0691 e. The highest BCUT2D eigenvalue weighted by molar-refractivity contribution is 5.77. The molecule has 0 saturated heterocycles. The molecule has 0 atom stereocenters. The first kappa shape index (κ1) is 9.71. The zero-order chi connectivity index (χ0) is 10.7. The molecule has 0 bridgehead atoms. The van der Waals surface area contributed by atoms with Crippen LogP contribution in [0.5, 0.6) is 0 Å². The van der Waals surface area contributed by atoms with Gasteiger partial charge in [0.15, 0.2) is 0 Å². The van der Waals surface area contributed by atoms with E-state index >= 15 is 0 Å². The normalized spacial score (nSPS) is 16.8. The Hall–Kier alpha value is -1.84. The number of anilines is 1. The van der Waals surface area contributed by atoms with Gasteiger partial charge in [0.25, 0.3) is 0 Å². The predicted octanol–water partition coefficient (Wildman–Crippen LogP) is 1.72. The summed E-state index contributed by atoms with van der Waals surface area (Å²) >= 11 is 0. The minimum Gasteiger partial charge on any atom is -0.396 e. The monoisotopic (exact) mass is 202 g/mol. The maximum Gasteiger partial charge on any atom is 0.0691 e. The van der Waals surface area contributed by atoms with E-state index in [9.17, 15) is 0 Å². The second kappa shape index (κ2) is 4.13. The van der Waals surface area contributed by atoms with Gasteiger partial charge in [0, 0.05) is 24.0 Å². The van der Waals surface area contributed by atoms with Crippen LogP contribution in [0.3, 0.4) is 0 Å². The molecule has 0 unspecified atom stereocenters. The van der Waals surface area contributed by atoms with Crippen molar-refractivity contribution in [1.82, 2.24) is 4.98 Å². The summed E-state index contributed by atoms with van der Waals surface area (Å²) in [6.45, 7) is 0. The van der Waals surface area contributed by atoms with Crippen LogP contribution in [0, 0.1) is 11.3 Å². The van der Waals surface area contributed by atoms with Crippen LogP contribution in [0.1, 0.15) is 12.8 Å². The summed E-state index contributed by atoms with van der Waals surface area (Å²) in [6.07, 6.45) is 6.97. The fraction of sp³-hybridized carbons (Fsp3) is 0.273. The molecule has 1 aliphatic rings. The Kier molecular flexibility index (Phi) is 2.67. The Labute approximate surface area is 88.7 Å². The van der Waals surface area contributed by atoms with Gasteiger partial charge in [-0.05, 0) is 25.0 Å². The predicted molar refractivity (Wildman–Crippen MR) is 60.6 cm³/mol. The van der Waals surface area contributed by atoms with Crippen LogP contribution < -0.4 is 11.1 Å². The molecule has 4 nitrogen and oxygen atoms in total. The lowest BCUT2D eigenvalue weighted by Crippen LogP contribution is -2.12. The van der Waals surface area contributed by atoms with E-state index in [0.29, 0.717) is 11.6 Å². The van der Waals surface area contributed by atoms with E-state index in [-0.39, 0.29) is 0 Å². The minimum absolute atomic E-state index is 0.492. The van der Waals surface area contributed by atoms with E-state index in [2.05, 4.69) is 10.3 Å². The number of hydrogen-bond donors (Lipinski definition) is 3. The number of rotatable bonds is 4. The molecule has 78 valence electrons. The zero-order valence-corrected chi connectivity index (χ0v) is 8.40. The number of nitrogens with two attached hydrogens (primary N) is 1. The molecular formula is C11H14N4. The Morgan fingerprint density at radius 2 is 2.40 bits per heavy atom. The highest BCUT2D eigenvalue weighted by Crippen LogP contribution is 2.37. The average molecular weight is 202 g/mol. The third-order valence-electron chi connectivity index (χ3n) is 2.39. The first-order valence-electron chi connectivity index (χ1n) is 4.98. The molecule has 1 saturated carbocycles. The molecule has 1 aliphatic carbocycles. The fourth-order valence-corrected chi connectivity index (χ4v) is 1.45. The maximum absolute atomic E-state index is 7.16. The summed E-state index contributed by atoms with van der Waals surface area (Å²) < 4.78 is 0. The Morgan fingerprint density at radius 3 is 2.93 bits per heavy atom. The Morgan fingerprint density at radius 1 is 1.60 bits per heavy atom. The van der Waals surface area contributed by atoms with Crippen LogP contribution in [0.4, 0.5) is 5.69 Å². The van der Waals surface area contributed by atoms with Crippen molar-refractivity contribution in [1.29, 1.82) is 5.41 Å². The van der Waals surface area contributed by atoms with Crippen LogP contribution in [0.2, 0.25) is 0 Å². The SMILES string of the molecule is N=C/C(N)=C(\Nc1cccnc1)C1CC1. The molecule has 1 aromatic rings. The third kappa shape index (κ3) is 2.34. The summed E-state index contributed by atoms with van der Waals surface area (Å²) in [6, 6.07) is 3.81. The maximum atomic E-state index is 7.16. The molecule has 4 N–H and O–H groups in total. The topological polar surface area (TPSA) is 74.8 Å². The van der Waals surface area contributed by atoms with Gasteiger partial charge in [0.05, 0.1) is 17.6 Å². The third-order valence-corrected chi connectivity index (χ3v) is 2.39. The Bertz CT molecular complexity index is 379. The standard InChI is InChI=1S/C11H14N4/c12-6-10(13)11(8-3-4-8)15-9-2-1-5-14-7-9/h1-2,5-8,12,15H,3-4,13H2/b11-10+,12-6?. The minimum atomic E-state index is 0.492. The van der Waals surface area contributed by atoms with Crippen LogP contribution in [0.25, 0.3) is 0 Å². The van der Waals surface area contributed by atoms with Gasteiger partial charge in [-0.1, -0.05) is 0 Å². The van der Waals surface area contributed by atoms with Gasteiger partial charge in [-0.3, -0.25) is 4.98 Å². The van der Waals surface area contributed by atoms with Crippen LogP contribution >= 0.6 is 0 Å². The zero-order valence-electron chi connectivity index (χ0n) is 8.40. The van der Waals surface area contributed by atoms with E-state index < -0.39 is 0 Å². The van der Waals surface area contributed by atoms with Crippen molar-refractivity contribution in [3.63, 3.8) is 0 Å². The highest BCUT2D eigenvalue weighted by Gasteiger charge is 2.27. The van der Waals surface area contributed by atoms with E-state index in [1.807, 2.05) is 12.1 Å².